The zero-order valence-corrected chi connectivity index (χ0v) is 16.6. The third kappa shape index (κ3) is 4.22. The number of esters is 1. The number of ether oxygens (including phenoxy) is 2. The predicted molar refractivity (Wildman–Crippen MR) is 100 cm³/mol. The third-order valence-electron chi connectivity index (χ3n) is 5.71. The van der Waals surface area contributed by atoms with Gasteiger partial charge >= 0.3 is 5.97 Å². The van der Waals surface area contributed by atoms with Crippen molar-refractivity contribution in [1.29, 1.82) is 0 Å². The molecule has 0 aromatic rings. The van der Waals surface area contributed by atoms with Crippen LogP contribution in [0, 0.1) is 5.92 Å². The molecule has 2 amide bonds. The normalized spacial score (nSPS) is 37.8. The summed E-state index contributed by atoms with van der Waals surface area (Å²) in [5.74, 6) is -1.32. The van der Waals surface area contributed by atoms with Crippen LogP contribution in [0.1, 0.15) is 46.0 Å². The second-order valence-corrected chi connectivity index (χ2v) is 7.82. The summed E-state index contributed by atoms with van der Waals surface area (Å²) in [4.78, 5) is 39.7. The molecule has 3 aliphatic rings. The summed E-state index contributed by atoms with van der Waals surface area (Å²) in [5.41, 5.74) is -1.08. The van der Waals surface area contributed by atoms with Crippen LogP contribution < -0.4 is 5.32 Å². The Bertz CT molecular complexity index is 651. The number of rotatable bonds is 2. The Labute approximate surface area is 165 Å². The number of aliphatic hydroxyl groups is 1. The zero-order chi connectivity index (χ0) is 20.3. The minimum atomic E-state index is -1.08. The van der Waals surface area contributed by atoms with Gasteiger partial charge in [0, 0.05) is 25.5 Å². The highest BCUT2D eigenvalue weighted by Gasteiger charge is 2.62. The first-order valence-corrected chi connectivity index (χ1v) is 10.1. The molecular formula is C20H30N2O6. The van der Waals surface area contributed by atoms with E-state index >= 15 is 0 Å². The number of amides is 2. The maximum Gasteiger partial charge on any atom is 0.332 e. The molecule has 3 rings (SSSR count). The van der Waals surface area contributed by atoms with Crippen LogP contribution in [0.4, 0.5) is 0 Å². The van der Waals surface area contributed by atoms with Crippen LogP contribution in [0.5, 0.6) is 0 Å². The molecule has 2 aliphatic heterocycles. The Morgan fingerprint density at radius 2 is 2.21 bits per heavy atom. The Balaban J connectivity index is 1.84. The van der Waals surface area contributed by atoms with E-state index in [0.29, 0.717) is 13.0 Å². The molecule has 0 aromatic carbocycles. The van der Waals surface area contributed by atoms with Crippen LogP contribution in [0.2, 0.25) is 0 Å². The number of hydrogen-bond acceptors (Lipinski definition) is 6. The summed E-state index contributed by atoms with van der Waals surface area (Å²) in [6.45, 7) is 4.17. The van der Waals surface area contributed by atoms with Crippen molar-refractivity contribution in [2.24, 2.45) is 5.92 Å². The largest absolute Gasteiger partial charge is 0.464 e. The van der Waals surface area contributed by atoms with Crippen molar-refractivity contribution < 1.29 is 29.0 Å². The van der Waals surface area contributed by atoms with E-state index in [0.717, 1.165) is 19.3 Å². The van der Waals surface area contributed by atoms with E-state index in [1.807, 2.05) is 12.2 Å². The van der Waals surface area contributed by atoms with Gasteiger partial charge in [-0.05, 0) is 39.5 Å². The Kier molecular flexibility index (Phi) is 6.40. The fourth-order valence-corrected chi connectivity index (χ4v) is 4.01. The SMILES string of the molecule is CCOC(=O)[C@@]12C[C@H]1/C=C\CCCCO[C@@H](C)C(=O)N1C[C@@H](O)C[C@H]1C(=O)N2. The van der Waals surface area contributed by atoms with Gasteiger partial charge in [0.25, 0.3) is 5.91 Å². The minimum absolute atomic E-state index is 0.0837. The van der Waals surface area contributed by atoms with E-state index in [1.165, 1.54) is 4.90 Å². The van der Waals surface area contributed by atoms with Gasteiger partial charge in [0.2, 0.25) is 5.91 Å². The summed E-state index contributed by atoms with van der Waals surface area (Å²) in [6.07, 6.45) is 5.72. The van der Waals surface area contributed by atoms with Crippen molar-refractivity contribution in [3.8, 4) is 0 Å². The van der Waals surface area contributed by atoms with Gasteiger partial charge in [-0.3, -0.25) is 9.59 Å². The van der Waals surface area contributed by atoms with Gasteiger partial charge in [-0.25, -0.2) is 4.79 Å². The molecule has 8 nitrogen and oxygen atoms in total. The highest BCUT2D eigenvalue weighted by Crippen LogP contribution is 2.46. The minimum Gasteiger partial charge on any atom is -0.464 e. The molecular weight excluding hydrogens is 364 g/mol. The number of allylic oxidation sites excluding steroid dienone is 1. The molecule has 5 atom stereocenters. The molecule has 156 valence electrons. The van der Waals surface area contributed by atoms with Crippen molar-refractivity contribution in [1.82, 2.24) is 10.2 Å². The fourth-order valence-electron chi connectivity index (χ4n) is 4.01. The summed E-state index contributed by atoms with van der Waals surface area (Å²) >= 11 is 0. The predicted octanol–water partition coefficient (Wildman–Crippen LogP) is 0.531. The number of aliphatic hydroxyl groups excluding tert-OH is 1. The molecule has 0 spiro atoms. The second-order valence-electron chi connectivity index (χ2n) is 7.82. The number of carbonyl (C=O) groups is 3. The topological polar surface area (TPSA) is 105 Å². The van der Waals surface area contributed by atoms with Gasteiger partial charge in [-0.2, -0.15) is 0 Å². The molecule has 0 unspecified atom stereocenters. The number of carbonyl (C=O) groups excluding carboxylic acids is 3. The quantitative estimate of drug-likeness (QED) is 0.523. The molecule has 1 saturated heterocycles. The summed E-state index contributed by atoms with van der Waals surface area (Å²) in [6, 6.07) is -0.824. The van der Waals surface area contributed by atoms with Crippen molar-refractivity contribution >= 4 is 17.8 Å². The van der Waals surface area contributed by atoms with E-state index < -0.39 is 35.7 Å². The van der Waals surface area contributed by atoms with Gasteiger partial charge in [-0.15, -0.1) is 0 Å². The van der Waals surface area contributed by atoms with Crippen molar-refractivity contribution in [2.45, 2.75) is 69.7 Å². The highest BCUT2D eigenvalue weighted by atomic mass is 16.5. The van der Waals surface area contributed by atoms with Crippen molar-refractivity contribution in [3.05, 3.63) is 12.2 Å². The smallest absolute Gasteiger partial charge is 0.332 e. The monoisotopic (exact) mass is 394 g/mol. The molecule has 2 N–H and O–H groups in total. The average molecular weight is 394 g/mol. The molecule has 0 bridgehead atoms. The van der Waals surface area contributed by atoms with Crippen molar-refractivity contribution in [3.63, 3.8) is 0 Å². The van der Waals surface area contributed by atoms with Crippen LogP contribution in [0.3, 0.4) is 0 Å². The Hall–Kier alpha value is -1.93. The third-order valence-corrected chi connectivity index (χ3v) is 5.71. The van der Waals surface area contributed by atoms with E-state index in [4.69, 9.17) is 9.47 Å². The molecule has 8 heteroatoms. The van der Waals surface area contributed by atoms with Crippen LogP contribution >= 0.6 is 0 Å². The molecule has 0 aromatic heterocycles. The van der Waals surface area contributed by atoms with Crippen LogP contribution in [0.15, 0.2) is 12.2 Å². The molecule has 2 heterocycles. The molecule has 2 fully saturated rings. The lowest BCUT2D eigenvalue weighted by atomic mass is 10.1. The number of fused-ring (bicyclic) bond motifs is 2. The number of hydrogen-bond donors (Lipinski definition) is 2. The van der Waals surface area contributed by atoms with Gasteiger partial charge in [0.1, 0.15) is 17.7 Å². The molecule has 1 saturated carbocycles. The Morgan fingerprint density at radius 1 is 1.43 bits per heavy atom. The van der Waals surface area contributed by atoms with E-state index in [1.54, 1.807) is 13.8 Å². The van der Waals surface area contributed by atoms with E-state index in [2.05, 4.69) is 5.32 Å². The second kappa shape index (κ2) is 8.61. The number of nitrogens with one attached hydrogen (secondary N) is 1. The molecule has 28 heavy (non-hydrogen) atoms. The highest BCUT2D eigenvalue weighted by molar-refractivity contribution is 5.96. The lowest BCUT2D eigenvalue weighted by Gasteiger charge is -2.28. The maximum atomic E-state index is 13.0. The van der Waals surface area contributed by atoms with Crippen molar-refractivity contribution in [2.75, 3.05) is 19.8 Å². The van der Waals surface area contributed by atoms with Crippen LogP contribution in [-0.2, 0) is 23.9 Å². The summed E-state index contributed by atoms with van der Waals surface area (Å²) < 4.78 is 10.8. The van der Waals surface area contributed by atoms with Crippen LogP contribution in [0.25, 0.3) is 0 Å². The van der Waals surface area contributed by atoms with E-state index in [9.17, 15) is 19.5 Å². The zero-order valence-electron chi connectivity index (χ0n) is 16.6. The van der Waals surface area contributed by atoms with Crippen LogP contribution in [-0.4, -0.2) is 71.3 Å². The van der Waals surface area contributed by atoms with Gasteiger partial charge in [0.05, 0.1) is 12.7 Å². The summed E-state index contributed by atoms with van der Waals surface area (Å²) in [7, 11) is 0. The number of nitrogens with zero attached hydrogens (tertiary/aromatic N) is 1. The average Bonchev–Trinajstić information content (AvgIpc) is 3.21. The fraction of sp³-hybridized carbons (Fsp3) is 0.750. The maximum absolute atomic E-state index is 13.0. The lowest BCUT2D eigenvalue weighted by Crippen LogP contribution is -2.54. The van der Waals surface area contributed by atoms with E-state index in [-0.39, 0.29) is 31.4 Å². The van der Waals surface area contributed by atoms with Gasteiger partial charge in [-0.1, -0.05) is 12.2 Å². The summed E-state index contributed by atoms with van der Waals surface area (Å²) in [5, 5.41) is 12.9. The lowest BCUT2D eigenvalue weighted by molar-refractivity contribution is -0.151. The Morgan fingerprint density at radius 3 is 2.96 bits per heavy atom. The molecule has 1 aliphatic carbocycles. The first-order valence-electron chi connectivity index (χ1n) is 10.1. The first kappa shape index (κ1) is 20.8. The standard InChI is InChI=1S/C20H30N2O6/c1-3-27-19(26)20-11-14(20)8-6-4-5-7-9-28-13(2)18(25)22-12-15(23)10-16(22)17(24)21-20/h6,8,13-16,23H,3-5,7,9-12H2,1-2H3,(H,21,24)/b8-6-/t13-,14+,15-,16-,20+/m0/s1. The van der Waals surface area contributed by atoms with Gasteiger partial charge < -0.3 is 24.8 Å². The first-order chi connectivity index (χ1) is 13.4. The molecule has 0 radical (unpaired) electrons. The van der Waals surface area contributed by atoms with Gasteiger partial charge in [0.15, 0.2) is 0 Å².